The van der Waals surface area contributed by atoms with Crippen LogP contribution in [0.1, 0.15) is 16.7 Å². The second kappa shape index (κ2) is 4.57. The summed E-state index contributed by atoms with van der Waals surface area (Å²) in [5.74, 6) is 0. The van der Waals surface area contributed by atoms with Gasteiger partial charge in [0.25, 0.3) is 0 Å². The normalized spacial score (nSPS) is 10.9. The van der Waals surface area contributed by atoms with E-state index >= 15 is 0 Å². The van der Waals surface area contributed by atoms with Gasteiger partial charge >= 0.3 is 0 Å². The van der Waals surface area contributed by atoms with Crippen LogP contribution in [0.5, 0.6) is 0 Å². The predicted octanol–water partition coefficient (Wildman–Crippen LogP) is 3.27. The highest BCUT2D eigenvalue weighted by Gasteiger charge is 2.18. The molecule has 0 aliphatic heterocycles. The Morgan fingerprint density at radius 2 is 1.65 bits per heavy atom. The summed E-state index contributed by atoms with van der Waals surface area (Å²) >= 11 is 0. The molecule has 3 rings (SSSR count). The molecule has 0 bridgehead atoms. The fraction of sp³-hybridized carbons (Fsp3) is 0.0588. The van der Waals surface area contributed by atoms with E-state index in [4.69, 9.17) is 16.3 Å². The maximum Gasteiger partial charge on any atom is 0.130 e. The molecule has 2 aromatic rings. The number of hydrogen-bond donors (Lipinski definition) is 1. The summed E-state index contributed by atoms with van der Waals surface area (Å²) < 4.78 is 0. The lowest BCUT2D eigenvalue weighted by Crippen LogP contribution is -1.86. The zero-order valence-corrected chi connectivity index (χ0v) is 10.7. The Balaban J connectivity index is 2.05. The van der Waals surface area contributed by atoms with Gasteiger partial charge in [0.2, 0.25) is 0 Å². The van der Waals surface area contributed by atoms with E-state index in [0.717, 1.165) is 17.7 Å². The molecule has 0 atom stereocenters. The van der Waals surface area contributed by atoms with Crippen LogP contribution in [-0.2, 0) is 6.42 Å². The Morgan fingerprint density at radius 3 is 2.35 bits per heavy atom. The molecule has 3 nitrogen and oxygen atoms in total. The van der Waals surface area contributed by atoms with Gasteiger partial charge in [-0.2, -0.15) is 10.5 Å². The topological polar surface area (TPSA) is 73.6 Å². The minimum absolute atomic E-state index is 0.115. The van der Waals surface area contributed by atoms with Crippen LogP contribution in [0, 0.1) is 22.7 Å². The third-order valence-electron chi connectivity index (χ3n) is 3.48. The zero-order valence-electron chi connectivity index (χ0n) is 10.7. The largest absolute Gasteiger partial charge is 0.399 e. The van der Waals surface area contributed by atoms with Crippen LogP contribution in [0.2, 0.25) is 0 Å². The Bertz CT molecular complexity index is 801. The van der Waals surface area contributed by atoms with Crippen molar-refractivity contribution >= 4 is 11.8 Å². The SMILES string of the molecule is N#CC(C#N)=Cc1ccc2c(c1)Cc1cc(N)ccc1-2. The molecule has 1 aliphatic carbocycles. The summed E-state index contributed by atoms with van der Waals surface area (Å²) in [6.45, 7) is 0. The number of nitrogens with two attached hydrogens (primary N) is 1. The van der Waals surface area contributed by atoms with Gasteiger partial charge < -0.3 is 5.73 Å². The van der Waals surface area contributed by atoms with Crippen LogP contribution in [0.3, 0.4) is 0 Å². The molecule has 2 aromatic carbocycles. The van der Waals surface area contributed by atoms with Gasteiger partial charge in [0, 0.05) is 5.69 Å². The molecule has 0 fully saturated rings. The van der Waals surface area contributed by atoms with Crippen molar-refractivity contribution < 1.29 is 0 Å². The lowest BCUT2D eigenvalue weighted by molar-refractivity contribution is 1.26. The maximum absolute atomic E-state index is 8.80. The van der Waals surface area contributed by atoms with Gasteiger partial charge in [-0.3, -0.25) is 0 Å². The van der Waals surface area contributed by atoms with Crippen molar-refractivity contribution in [2.24, 2.45) is 0 Å². The van der Waals surface area contributed by atoms with E-state index in [1.54, 1.807) is 6.08 Å². The minimum Gasteiger partial charge on any atom is -0.399 e. The Labute approximate surface area is 117 Å². The van der Waals surface area contributed by atoms with Crippen LogP contribution in [-0.4, -0.2) is 0 Å². The van der Waals surface area contributed by atoms with E-state index in [1.165, 1.54) is 22.3 Å². The molecule has 2 N–H and O–H groups in total. The highest BCUT2D eigenvalue weighted by Crippen LogP contribution is 2.38. The van der Waals surface area contributed by atoms with Crippen molar-refractivity contribution in [3.05, 3.63) is 58.7 Å². The van der Waals surface area contributed by atoms with Crippen LogP contribution in [0.25, 0.3) is 17.2 Å². The van der Waals surface area contributed by atoms with E-state index in [2.05, 4.69) is 0 Å². The lowest BCUT2D eigenvalue weighted by Gasteiger charge is -2.02. The first-order chi connectivity index (χ1) is 9.71. The summed E-state index contributed by atoms with van der Waals surface area (Å²) in [5.41, 5.74) is 12.4. The van der Waals surface area contributed by atoms with Crippen molar-refractivity contribution in [2.45, 2.75) is 6.42 Å². The van der Waals surface area contributed by atoms with Crippen LogP contribution >= 0.6 is 0 Å². The minimum atomic E-state index is 0.115. The molecular weight excluding hydrogens is 246 g/mol. The number of benzene rings is 2. The molecule has 0 radical (unpaired) electrons. The molecule has 94 valence electrons. The number of nitriles is 2. The molecule has 0 saturated heterocycles. The summed E-state index contributed by atoms with van der Waals surface area (Å²) in [5, 5.41) is 17.6. The summed E-state index contributed by atoms with van der Waals surface area (Å²) in [4.78, 5) is 0. The number of nitrogen functional groups attached to an aromatic ring is 1. The number of anilines is 1. The average molecular weight is 257 g/mol. The Morgan fingerprint density at radius 1 is 1.00 bits per heavy atom. The fourth-order valence-electron chi connectivity index (χ4n) is 2.60. The van der Waals surface area contributed by atoms with Crippen molar-refractivity contribution in [1.29, 1.82) is 10.5 Å². The molecule has 0 heterocycles. The monoisotopic (exact) mass is 257 g/mol. The predicted molar refractivity (Wildman–Crippen MR) is 78.3 cm³/mol. The van der Waals surface area contributed by atoms with Gasteiger partial charge in [0.05, 0.1) is 0 Å². The quantitative estimate of drug-likeness (QED) is 0.537. The number of nitrogens with zero attached hydrogens (tertiary/aromatic N) is 2. The van der Waals surface area contributed by atoms with Crippen molar-refractivity contribution in [3.8, 4) is 23.3 Å². The first kappa shape index (κ1) is 12.0. The van der Waals surface area contributed by atoms with E-state index in [1.807, 2.05) is 48.5 Å². The first-order valence-corrected chi connectivity index (χ1v) is 6.25. The number of hydrogen-bond acceptors (Lipinski definition) is 3. The van der Waals surface area contributed by atoms with Crippen LogP contribution < -0.4 is 5.73 Å². The standard InChI is InChI=1S/C17H11N3/c18-9-12(10-19)5-11-1-3-16-13(6-11)7-14-8-15(20)2-4-17(14)16/h1-6,8H,7,20H2. The maximum atomic E-state index is 8.80. The first-order valence-electron chi connectivity index (χ1n) is 6.25. The molecule has 0 saturated carbocycles. The molecule has 3 heteroatoms. The van der Waals surface area contributed by atoms with Crippen molar-refractivity contribution in [1.82, 2.24) is 0 Å². The van der Waals surface area contributed by atoms with Gasteiger partial charge in [-0.05, 0) is 52.4 Å². The van der Waals surface area contributed by atoms with Gasteiger partial charge in [0.15, 0.2) is 0 Å². The lowest BCUT2D eigenvalue weighted by atomic mass is 10.0. The second-order valence-corrected chi connectivity index (χ2v) is 4.79. The molecule has 1 aliphatic rings. The van der Waals surface area contributed by atoms with E-state index in [9.17, 15) is 0 Å². The van der Waals surface area contributed by atoms with Crippen LogP contribution in [0.4, 0.5) is 5.69 Å². The number of allylic oxidation sites excluding steroid dienone is 1. The highest BCUT2D eigenvalue weighted by molar-refractivity contribution is 5.80. The summed E-state index contributed by atoms with van der Waals surface area (Å²) in [6, 6.07) is 15.7. The van der Waals surface area contributed by atoms with E-state index in [0.29, 0.717) is 0 Å². The third-order valence-corrected chi connectivity index (χ3v) is 3.48. The summed E-state index contributed by atoms with van der Waals surface area (Å²) in [7, 11) is 0. The molecular formula is C17H11N3. The summed E-state index contributed by atoms with van der Waals surface area (Å²) in [6.07, 6.45) is 2.45. The highest BCUT2D eigenvalue weighted by atomic mass is 14.5. The average Bonchev–Trinajstić information content (AvgIpc) is 2.81. The van der Waals surface area contributed by atoms with Crippen molar-refractivity contribution in [2.75, 3.05) is 5.73 Å². The van der Waals surface area contributed by atoms with E-state index in [-0.39, 0.29) is 5.57 Å². The van der Waals surface area contributed by atoms with Crippen LogP contribution in [0.15, 0.2) is 42.0 Å². The van der Waals surface area contributed by atoms with Gasteiger partial charge in [-0.1, -0.05) is 24.3 Å². The molecule has 0 unspecified atom stereocenters. The molecule has 0 aromatic heterocycles. The molecule has 20 heavy (non-hydrogen) atoms. The Kier molecular flexibility index (Phi) is 2.75. The smallest absolute Gasteiger partial charge is 0.130 e. The number of rotatable bonds is 1. The molecule has 0 spiro atoms. The fourth-order valence-corrected chi connectivity index (χ4v) is 2.60. The van der Waals surface area contributed by atoms with E-state index < -0.39 is 0 Å². The van der Waals surface area contributed by atoms with Gasteiger partial charge in [-0.25, -0.2) is 0 Å². The third kappa shape index (κ3) is 1.92. The Hall–Kier alpha value is -3.04. The van der Waals surface area contributed by atoms with Gasteiger partial charge in [-0.15, -0.1) is 0 Å². The zero-order chi connectivity index (χ0) is 14.1. The second-order valence-electron chi connectivity index (χ2n) is 4.79. The number of fused-ring (bicyclic) bond motifs is 3. The molecule has 0 amide bonds. The van der Waals surface area contributed by atoms with Gasteiger partial charge in [0.1, 0.15) is 17.7 Å². The van der Waals surface area contributed by atoms with Crippen molar-refractivity contribution in [3.63, 3.8) is 0 Å².